The van der Waals surface area contributed by atoms with Gasteiger partial charge in [-0.25, -0.2) is 0 Å². The monoisotopic (exact) mass is 428 g/mol. The molecule has 31 heavy (non-hydrogen) atoms. The van der Waals surface area contributed by atoms with Crippen LogP contribution >= 0.6 is 0 Å². The molecule has 2 amide bonds. The fraction of sp³-hybridized carbons (Fsp3) is 0.391. The number of anilines is 2. The number of hydrogen-bond donors (Lipinski definition) is 1. The Morgan fingerprint density at radius 3 is 2.39 bits per heavy atom. The molecular weight excluding hydrogens is 400 g/mol. The van der Waals surface area contributed by atoms with Gasteiger partial charge in [0.1, 0.15) is 5.75 Å². The predicted molar refractivity (Wildman–Crippen MR) is 118 cm³/mol. The second-order valence-electron chi connectivity index (χ2n) is 7.09. The summed E-state index contributed by atoms with van der Waals surface area (Å²) in [7, 11) is 4.49. The van der Waals surface area contributed by atoms with E-state index in [0.717, 1.165) is 19.3 Å². The van der Waals surface area contributed by atoms with Crippen LogP contribution in [0.2, 0.25) is 0 Å². The van der Waals surface area contributed by atoms with Crippen molar-refractivity contribution in [3.8, 4) is 23.0 Å². The summed E-state index contributed by atoms with van der Waals surface area (Å²) in [6.07, 6.45) is 3.01. The number of nitrogens with zero attached hydrogens (tertiary/aromatic N) is 1. The molecule has 0 spiro atoms. The van der Waals surface area contributed by atoms with Crippen molar-refractivity contribution in [2.45, 2.75) is 26.2 Å². The highest BCUT2D eigenvalue weighted by Gasteiger charge is 2.26. The minimum absolute atomic E-state index is 0.0241. The molecule has 0 radical (unpaired) electrons. The van der Waals surface area contributed by atoms with Gasteiger partial charge in [-0.2, -0.15) is 0 Å². The van der Waals surface area contributed by atoms with Crippen molar-refractivity contribution in [2.24, 2.45) is 0 Å². The molecule has 0 aromatic heterocycles. The molecule has 0 saturated heterocycles. The SMILES string of the molecule is CCCCCN1C(=O)COc2ccc(NC(=O)c3cc(OC)c(OC)c(OC)c3)cc21. The first-order valence-corrected chi connectivity index (χ1v) is 10.2. The average Bonchev–Trinajstić information content (AvgIpc) is 2.79. The Morgan fingerprint density at radius 1 is 1.06 bits per heavy atom. The first-order chi connectivity index (χ1) is 15.0. The summed E-state index contributed by atoms with van der Waals surface area (Å²) in [6, 6.07) is 8.43. The van der Waals surface area contributed by atoms with Crippen molar-refractivity contribution in [1.82, 2.24) is 0 Å². The molecule has 166 valence electrons. The number of nitrogens with one attached hydrogen (secondary N) is 1. The largest absolute Gasteiger partial charge is 0.493 e. The van der Waals surface area contributed by atoms with Gasteiger partial charge in [-0.15, -0.1) is 0 Å². The highest BCUT2D eigenvalue weighted by molar-refractivity contribution is 6.06. The van der Waals surface area contributed by atoms with Gasteiger partial charge in [-0.1, -0.05) is 19.8 Å². The van der Waals surface area contributed by atoms with Gasteiger partial charge < -0.3 is 29.2 Å². The fourth-order valence-electron chi connectivity index (χ4n) is 3.46. The number of fused-ring (bicyclic) bond motifs is 1. The van der Waals surface area contributed by atoms with E-state index in [1.165, 1.54) is 21.3 Å². The molecule has 1 N–H and O–H groups in total. The van der Waals surface area contributed by atoms with Gasteiger partial charge in [-0.3, -0.25) is 9.59 Å². The average molecular weight is 428 g/mol. The normalized spacial score (nSPS) is 12.6. The molecule has 8 heteroatoms. The summed E-state index contributed by atoms with van der Waals surface area (Å²) in [4.78, 5) is 27.0. The van der Waals surface area contributed by atoms with Gasteiger partial charge in [0, 0.05) is 17.8 Å². The summed E-state index contributed by atoms with van der Waals surface area (Å²) in [5.41, 5.74) is 1.56. The highest BCUT2D eigenvalue weighted by Crippen LogP contribution is 2.39. The zero-order valence-corrected chi connectivity index (χ0v) is 18.3. The van der Waals surface area contributed by atoms with Crippen molar-refractivity contribution < 1.29 is 28.5 Å². The lowest BCUT2D eigenvalue weighted by molar-refractivity contribution is -0.121. The topological polar surface area (TPSA) is 86.3 Å². The fourth-order valence-corrected chi connectivity index (χ4v) is 3.46. The van der Waals surface area contributed by atoms with Gasteiger partial charge in [0.05, 0.1) is 27.0 Å². The van der Waals surface area contributed by atoms with Crippen LogP contribution in [0.5, 0.6) is 23.0 Å². The summed E-state index contributed by atoms with van der Waals surface area (Å²) in [5.74, 6) is 1.38. The van der Waals surface area contributed by atoms with Crippen molar-refractivity contribution in [2.75, 3.05) is 44.7 Å². The number of amides is 2. The molecule has 3 rings (SSSR count). The molecule has 1 aliphatic rings. The molecule has 0 fully saturated rings. The second kappa shape index (κ2) is 10.1. The van der Waals surface area contributed by atoms with Crippen LogP contribution in [0.15, 0.2) is 30.3 Å². The standard InChI is InChI=1S/C23H28N2O6/c1-5-6-7-10-25-17-13-16(8-9-18(17)31-14-21(25)26)24-23(27)15-11-19(28-2)22(30-4)20(12-15)29-3/h8-9,11-13H,5-7,10,14H2,1-4H3,(H,24,27). The third-order valence-corrected chi connectivity index (χ3v) is 5.07. The lowest BCUT2D eigenvalue weighted by Crippen LogP contribution is -2.39. The van der Waals surface area contributed by atoms with Gasteiger partial charge >= 0.3 is 0 Å². The zero-order valence-electron chi connectivity index (χ0n) is 18.3. The zero-order chi connectivity index (χ0) is 22.4. The van der Waals surface area contributed by atoms with Crippen molar-refractivity contribution in [1.29, 1.82) is 0 Å². The van der Waals surface area contributed by atoms with E-state index in [2.05, 4.69) is 12.2 Å². The maximum Gasteiger partial charge on any atom is 0.265 e. The van der Waals surface area contributed by atoms with E-state index in [0.29, 0.717) is 46.5 Å². The molecule has 0 unspecified atom stereocenters. The molecule has 2 aromatic carbocycles. The maximum atomic E-state index is 12.9. The number of ether oxygens (including phenoxy) is 4. The van der Waals surface area contributed by atoms with Gasteiger partial charge in [-0.05, 0) is 36.8 Å². The maximum absolute atomic E-state index is 12.9. The van der Waals surface area contributed by atoms with Crippen LogP contribution in [0, 0.1) is 0 Å². The quantitative estimate of drug-likeness (QED) is 0.610. The van der Waals surface area contributed by atoms with Gasteiger partial charge in [0.25, 0.3) is 11.8 Å². The lowest BCUT2D eigenvalue weighted by atomic mass is 10.1. The Kier molecular flexibility index (Phi) is 7.23. The lowest BCUT2D eigenvalue weighted by Gasteiger charge is -2.30. The Labute approximate surface area is 182 Å². The van der Waals surface area contributed by atoms with E-state index in [4.69, 9.17) is 18.9 Å². The van der Waals surface area contributed by atoms with E-state index < -0.39 is 0 Å². The summed E-state index contributed by atoms with van der Waals surface area (Å²) >= 11 is 0. The van der Waals surface area contributed by atoms with Crippen molar-refractivity contribution in [3.05, 3.63) is 35.9 Å². The molecule has 0 aliphatic carbocycles. The van der Waals surface area contributed by atoms with Crippen LogP contribution in [0.3, 0.4) is 0 Å². The predicted octanol–water partition coefficient (Wildman–Crippen LogP) is 3.88. The van der Waals surface area contributed by atoms with Crippen LogP contribution in [0.4, 0.5) is 11.4 Å². The number of unbranched alkanes of at least 4 members (excludes halogenated alkanes) is 2. The molecule has 8 nitrogen and oxygen atoms in total. The Balaban J connectivity index is 1.85. The van der Waals surface area contributed by atoms with E-state index in [1.54, 1.807) is 35.2 Å². The number of methoxy groups -OCH3 is 3. The number of rotatable bonds is 9. The third kappa shape index (κ3) is 4.84. The van der Waals surface area contributed by atoms with E-state index >= 15 is 0 Å². The first kappa shape index (κ1) is 22.3. The van der Waals surface area contributed by atoms with E-state index in [-0.39, 0.29) is 18.4 Å². The molecule has 0 bridgehead atoms. The smallest absolute Gasteiger partial charge is 0.265 e. The molecule has 0 saturated carbocycles. The van der Waals surface area contributed by atoms with Crippen LogP contribution in [-0.4, -0.2) is 46.3 Å². The number of hydrogen-bond acceptors (Lipinski definition) is 6. The van der Waals surface area contributed by atoms with Crippen molar-refractivity contribution >= 4 is 23.2 Å². The summed E-state index contributed by atoms with van der Waals surface area (Å²) < 4.78 is 21.5. The molecule has 1 heterocycles. The molecule has 0 atom stereocenters. The molecular formula is C23H28N2O6. The minimum Gasteiger partial charge on any atom is -0.493 e. The summed E-state index contributed by atoms with van der Waals surface area (Å²) in [5, 5.41) is 2.87. The molecule has 1 aliphatic heterocycles. The number of carbonyl (C=O) groups excluding carboxylic acids is 2. The van der Waals surface area contributed by atoms with Crippen LogP contribution in [-0.2, 0) is 4.79 Å². The number of benzene rings is 2. The molecule has 2 aromatic rings. The Bertz CT molecular complexity index is 934. The Morgan fingerprint density at radius 2 is 1.77 bits per heavy atom. The van der Waals surface area contributed by atoms with Crippen molar-refractivity contribution in [3.63, 3.8) is 0 Å². The van der Waals surface area contributed by atoms with Crippen LogP contribution < -0.4 is 29.2 Å². The van der Waals surface area contributed by atoms with E-state index in [1.807, 2.05) is 0 Å². The number of carbonyl (C=O) groups is 2. The van der Waals surface area contributed by atoms with Crippen LogP contribution in [0.1, 0.15) is 36.5 Å². The summed E-state index contributed by atoms with van der Waals surface area (Å²) in [6.45, 7) is 2.76. The van der Waals surface area contributed by atoms with Crippen LogP contribution in [0.25, 0.3) is 0 Å². The van der Waals surface area contributed by atoms with Gasteiger partial charge in [0.15, 0.2) is 18.1 Å². The Hall–Kier alpha value is -3.42. The van der Waals surface area contributed by atoms with Gasteiger partial charge in [0.2, 0.25) is 5.75 Å². The first-order valence-electron chi connectivity index (χ1n) is 10.2. The minimum atomic E-state index is -0.347. The highest BCUT2D eigenvalue weighted by atomic mass is 16.5. The van der Waals surface area contributed by atoms with E-state index in [9.17, 15) is 9.59 Å². The third-order valence-electron chi connectivity index (χ3n) is 5.07. The second-order valence-corrected chi connectivity index (χ2v) is 7.09.